The predicted octanol–water partition coefficient (Wildman–Crippen LogP) is 2.37. The van der Waals surface area contributed by atoms with Gasteiger partial charge in [0.2, 0.25) is 0 Å². The molecule has 4 rings (SSSR count). The van der Waals surface area contributed by atoms with Crippen LogP contribution in [0.2, 0.25) is 0 Å². The summed E-state index contributed by atoms with van der Waals surface area (Å²) in [4.78, 5) is 17.8. The van der Waals surface area contributed by atoms with Crippen molar-refractivity contribution in [1.29, 1.82) is 0 Å². The quantitative estimate of drug-likeness (QED) is 0.421. The predicted molar refractivity (Wildman–Crippen MR) is 123 cm³/mol. The summed E-state index contributed by atoms with van der Waals surface area (Å²) in [6, 6.07) is 16.2. The van der Waals surface area contributed by atoms with Crippen LogP contribution in [0.1, 0.15) is 28.1 Å². The number of hydrogen-bond donors (Lipinski definition) is 2. The SMILES string of the molecule is Cc1ccc2cc(CN(CCO)Cc3nnnn3CCc3ccccc3)c(=O)[nH]c2c1C. The van der Waals surface area contributed by atoms with Gasteiger partial charge in [0.15, 0.2) is 5.82 Å². The Morgan fingerprint density at radius 1 is 1.09 bits per heavy atom. The molecule has 32 heavy (non-hydrogen) atoms. The Bertz CT molecular complexity index is 1250. The lowest BCUT2D eigenvalue weighted by Gasteiger charge is -2.20. The van der Waals surface area contributed by atoms with Crippen molar-refractivity contribution >= 4 is 10.9 Å². The molecule has 0 radical (unpaired) electrons. The molecule has 2 aromatic carbocycles. The van der Waals surface area contributed by atoms with Crippen molar-refractivity contribution in [3.63, 3.8) is 0 Å². The van der Waals surface area contributed by atoms with Gasteiger partial charge in [0.25, 0.3) is 5.56 Å². The topological polar surface area (TPSA) is 99.9 Å². The van der Waals surface area contributed by atoms with E-state index in [-0.39, 0.29) is 12.2 Å². The normalized spacial score (nSPS) is 11.5. The third kappa shape index (κ3) is 4.92. The van der Waals surface area contributed by atoms with Gasteiger partial charge in [0, 0.05) is 25.2 Å². The summed E-state index contributed by atoms with van der Waals surface area (Å²) in [5, 5.41) is 22.7. The van der Waals surface area contributed by atoms with E-state index in [0.717, 1.165) is 28.5 Å². The Morgan fingerprint density at radius 3 is 2.69 bits per heavy atom. The van der Waals surface area contributed by atoms with Crippen LogP contribution < -0.4 is 5.56 Å². The number of aliphatic hydroxyl groups excluding tert-OH is 1. The van der Waals surface area contributed by atoms with E-state index in [0.29, 0.717) is 37.6 Å². The zero-order valence-electron chi connectivity index (χ0n) is 18.5. The van der Waals surface area contributed by atoms with E-state index in [4.69, 9.17) is 0 Å². The van der Waals surface area contributed by atoms with E-state index in [1.165, 1.54) is 5.56 Å². The van der Waals surface area contributed by atoms with Crippen molar-refractivity contribution in [3.05, 3.63) is 87.0 Å². The first-order valence-electron chi connectivity index (χ1n) is 10.8. The van der Waals surface area contributed by atoms with E-state index < -0.39 is 0 Å². The monoisotopic (exact) mass is 432 g/mol. The maximum absolute atomic E-state index is 12.8. The van der Waals surface area contributed by atoms with Crippen molar-refractivity contribution in [2.45, 2.75) is 39.9 Å². The Balaban J connectivity index is 1.52. The fourth-order valence-electron chi connectivity index (χ4n) is 3.87. The molecule has 0 spiro atoms. The summed E-state index contributed by atoms with van der Waals surface area (Å²) >= 11 is 0. The highest BCUT2D eigenvalue weighted by Crippen LogP contribution is 2.19. The van der Waals surface area contributed by atoms with Crippen molar-refractivity contribution in [2.75, 3.05) is 13.2 Å². The molecule has 0 fully saturated rings. The van der Waals surface area contributed by atoms with E-state index >= 15 is 0 Å². The third-order valence-corrected chi connectivity index (χ3v) is 5.86. The van der Waals surface area contributed by atoms with Gasteiger partial charge in [-0.3, -0.25) is 9.69 Å². The van der Waals surface area contributed by atoms with Crippen LogP contribution in [0.15, 0.2) is 53.3 Å². The third-order valence-electron chi connectivity index (χ3n) is 5.86. The molecule has 0 amide bonds. The fourth-order valence-corrected chi connectivity index (χ4v) is 3.87. The molecule has 2 N–H and O–H groups in total. The van der Waals surface area contributed by atoms with Crippen LogP contribution in [0, 0.1) is 13.8 Å². The highest BCUT2D eigenvalue weighted by molar-refractivity contribution is 5.83. The number of rotatable bonds is 9. The number of aromatic nitrogens is 5. The highest BCUT2D eigenvalue weighted by Gasteiger charge is 2.15. The van der Waals surface area contributed by atoms with Crippen molar-refractivity contribution < 1.29 is 5.11 Å². The summed E-state index contributed by atoms with van der Waals surface area (Å²) in [6.45, 7) is 5.93. The summed E-state index contributed by atoms with van der Waals surface area (Å²) in [5.41, 5.74) is 4.85. The van der Waals surface area contributed by atoms with E-state index in [9.17, 15) is 9.90 Å². The van der Waals surface area contributed by atoms with Crippen LogP contribution in [0.5, 0.6) is 0 Å². The lowest BCUT2D eigenvalue weighted by Crippen LogP contribution is -2.30. The number of nitrogens with zero attached hydrogens (tertiary/aromatic N) is 5. The lowest BCUT2D eigenvalue weighted by atomic mass is 10.0. The lowest BCUT2D eigenvalue weighted by molar-refractivity contribution is 0.178. The molecule has 0 aliphatic carbocycles. The number of fused-ring (bicyclic) bond motifs is 1. The largest absolute Gasteiger partial charge is 0.395 e. The van der Waals surface area contributed by atoms with Crippen molar-refractivity contribution in [3.8, 4) is 0 Å². The molecule has 2 aromatic heterocycles. The fraction of sp³-hybridized carbons (Fsp3) is 0.333. The van der Waals surface area contributed by atoms with Crippen LogP contribution in [0.25, 0.3) is 10.9 Å². The molecule has 8 nitrogen and oxygen atoms in total. The minimum Gasteiger partial charge on any atom is -0.395 e. The van der Waals surface area contributed by atoms with Crippen LogP contribution in [0.4, 0.5) is 0 Å². The molecular weight excluding hydrogens is 404 g/mol. The second-order valence-electron chi connectivity index (χ2n) is 8.08. The van der Waals surface area contributed by atoms with E-state index in [1.54, 1.807) is 4.68 Å². The number of tetrazole rings is 1. The van der Waals surface area contributed by atoms with Gasteiger partial charge < -0.3 is 10.1 Å². The maximum Gasteiger partial charge on any atom is 0.252 e. The number of aliphatic hydroxyl groups is 1. The first-order valence-corrected chi connectivity index (χ1v) is 10.8. The molecule has 2 heterocycles. The van der Waals surface area contributed by atoms with Crippen LogP contribution in [-0.2, 0) is 26.1 Å². The average Bonchev–Trinajstić information content (AvgIpc) is 3.24. The Hall–Kier alpha value is -3.36. The highest BCUT2D eigenvalue weighted by atomic mass is 16.3. The molecule has 0 saturated carbocycles. The van der Waals surface area contributed by atoms with Gasteiger partial charge in [-0.05, 0) is 58.8 Å². The number of benzene rings is 2. The summed E-state index contributed by atoms with van der Waals surface area (Å²) in [7, 11) is 0. The Labute approximate surface area is 186 Å². The van der Waals surface area contributed by atoms with Crippen LogP contribution in [-0.4, -0.2) is 48.3 Å². The molecule has 0 atom stereocenters. The van der Waals surface area contributed by atoms with Crippen molar-refractivity contribution in [1.82, 2.24) is 30.1 Å². The minimum atomic E-state index is -0.113. The van der Waals surface area contributed by atoms with Gasteiger partial charge in [0.05, 0.1) is 18.7 Å². The van der Waals surface area contributed by atoms with Gasteiger partial charge in [-0.2, -0.15) is 0 Å². The number of nitrogens with one attached hydrogen (secondary N) is 1. The molecule has 0 bridgehead atoms. The van der Waals surface area contributed by atoms with Gasteiger partial charge in [-0.25, -0.2) is 4.68 Å². The van der Waals surface area contributed by atoms with Crippen LogP contribution in [0.3, 0.4) is 0 Å². The van der Waals surface area contributed by atoms with E-state index in [2.05, 4.69) is 38.7 Å². The van der Waals surface area contributed by atoms with Gasteiger partial charge in [-0.15, -0.1) is 5.10 Å². The molecule has 166 valence electrons. The maximum atomic E-state index is 12.8. The number of H-pyrrole nitrogens is 1. The second-order valence-corrected chi connectivity index (χ2v) is 8.08. The molecule has 8 heteroatoms. The Kier molecular flexibility index (Phi) is 6.72. The molecule has 0 unspecified atom stereocenters. The zero-order valence-corrected chi connectivity index (χ0v) is 18.5. The molecule has 0 saturated heterocycles. The van der Waals surface area contributed by atoms with Crippen LogP contribution >= 0.6 is 0 Å². The second kappa shape index (κ2) is 9.84. The summed E-state index contributed by atoms with van der Waals surface area (Å²) in [5.74, 6) is 0.707. The first kappa shape index (κ1) is 21.9. The van der Waals surface area contributed by atoms with Crippen molar-refractivity contribution in [2.24, 2.45) is 0 Å². The first-order chi connectivity index (χ1) is 15.5. The minimum absolute atomic E-state index is 0.0185. The number of aromatic amines is 1. The number of aryl methyl sites for hydroxylation is 4. The molecule has 0 aliphatic rings. The number of hydrogen-bond acceptors (Lipinski definition) is 6. The average molecular weight is 433 g/mol. The van der Waals surface area contributed by atoms with Gasteiger partial charge in [-0.1, -0.05) is 42.5 Å². The van der Waals surface area contributed by atoms with Gasteiger partial charge in [0.1, 0.15) is 0 Å². The zero-order chi connectivity index (χ0) is 22.5. The smallest absolute Gasteiger partial charge is 0.252 e. The number of pyridine rings is 1. The standard InChI is InChI=1S/C24H28N6O2/c1-17-8-9-20-14-21(24(32)25-23(20)18(17)2)15-29(12-13-31)16-22-26-27-28-30(22)11-10-19-6-4-3-5-7-19/h3-9,14,31H,10-13,15-16H2,1-2H3,(H,25,32). The Morgan fingerprint density at radius 2 is 1.91 bits per heavy atom. The summed E-state index contributed by atoms with van der Waals surface area (Å²) < 4.78 is 1.79. The summed E-state index contributed by atoms with van der Waals surface area (Å²) in [6.07, 6.45) is 0.821. The molecule has 0 aliphatic heterocycles. The van der Waals surface area contributed by atoms with Gasteiger partial charge >= 0.3 is 0 Å². The molecule has 4 aromatic rings. The molecular formula is C24H28N6O2. The van der Waals surface area contributed by atoms with E-state index in [1.807, 2.05) is 49.1 Å².